The smallest absolute Gasteiger partial charge is 0.236 e. The van der Waals surface area contributed by atoms with Crippen LogP contribution in [-0.2, 0) is 4.79 Å². The molecule has 1 aliphatic rings. The summed E-state index contributed by atoms with van der Waals surface area (Å²) in [6.07, 6.45) is 7.69. The van der Waals surface area contributed by atoms with Crippen LogP contribution in [0.3, 0.4) is 0 Å². The van der Waals surface area contributed by atoms with Gasteiger partial charge in [-0.05, 0) is 56.3 Å². The number of H-pyrrole nitrogens is 1. The van der Waals surface area contributed by atoms with Gasteiger partial charge in [0.05, 0.1) is 17.9 Å². The van der Waals surface area contributed by atoms with Gasteiger partial charge in [0, 0.05) is 42.5 Å². The number of aryl methyl sites for hydroxylation is 1. The topological polar surface area (TPSA) is 95.3 Å². The predicted molar refractivity (Wildman–Crippen MR) is 138 cm³/mol. The van der Waals surface area contributed by atoms with Gasteiger partial charge in [-0.1, -0.05) is 13.8 Å². The number of rotatable bonds is 6. The maximum Gasteiger partial charge on any atom is 0.236 e. The number of aromatic amines is 1. The van der Waals surface area contributed by atoms with Gasteiger partial charge in [0.25, 0.3) is 0 Å². The van der Waals surface area contributed by atoms with Crippen LogP contribution in [0.25, 0.3) is 27.6 Å². The highest BCUT2D eigenvalue weighted by Crippen LogP contribution is 2.40. The van der Waals surface area contributed by atoms with Crippen molar-refractivity contribution in [1.82, 2.24) is 39.6 Å². The van der Waals surface area contributed by atoms with Crippen LogP contribution in [0.2, 0.25) is 0 Å². The van der Waals surface area contributed by atoms with Crippen molar-refractivity contribution in [3.8, 4) is 22.0 Å². The molecular formula is C25H32N8OS. The molecule has 5 rings (SSSR count). The average Bonchev–Trinajstić information content (AvgIpc) is 3.58. The van der Waals surface area contributed by atoms with Crippen molar-refractivity contribution < 1.29 is 4.79 Å². The van der Waals surface area contributed by atoms with E-state index in [1.165, 1.54) is 10.4 Å². The number of hydrogen-bond acceptors (Lipinski definition) is 7. The van der Waals surface area contributed by atoms with E-state index in [4.69, 9.17) is 10.1 Å². The Morgan fingerprint density at radius 2 is 2.03 bits per heavy atom. The van der Waals surface area contributed by atoms with Crippen molar-refractivity contribution in [3.63, 3.8) is 0 Å². The van der Waals surface area contributed by atoms with Crippen LogP contribution in [0.1, 0.15) is 54.5 Å². The number of piperidine rings is 1. The number of thiazole rings is 1. The predicted octanol–water partition coefficient (Wildman–Crippen LogP) is 3.94. The van der Waals surface area contributed by atoms with Crippen LogP contribution in [0.5, 0.6) is 0 Å². The van der Waals surface area contributed by atoms with Crippen molar-refractivity contribution in [2.24, 2.45) is 0 Å². The van der Waals surface area contributed by atoms with Crippen LogP contribution >= 0.6 is 11.3 Å². The summed E-state index contributed by atoms with van der Waals surface area (Å²) in [5, 5.41) is 13.3. The van der Waals surface area contributed by atoms with Gasteiger partial charge >= 0.3 is 0 Å². The first-order valence-corrected chi connectivity index (χ1v) is 12.9. The minimum atomic E-state index is 0.165. The van der Waals surface area contributed by atoms with E-state index >= 15 is 0 Å². The average molecular weight is 493 g/mol. The second kappa shape index (κ2) is 9.50. The third-order valence-corrected chi connectivity index (χ3v) is 7.98. The molecule has 0 spiro atoms. The number of carbonyl (C=O) groups excluding carboxylic acids is 1. The van der Waals surface area contributed by atoms with E-state index in [9.17, 15) is 4.79 Å². The highest BCUT2D eigenvalue weighted by atomic mass is 32.1. The Balaban J connectivity index is 1.38. The third-order valence-electron chi connectivity index (χ3n) is 6.80. The zero-order chi connectivity index (χ0) is 24.7. The summed E-state index contributed by atoms with van der Waals surface area (Å²) in [5.74, 6) is 0.919. The molecule has 4 aromatic rings. The van der Waals surface area contributed by atoms with Gasteiger partial charge < -0.3 is 4.90 Å². The molecule has 35 heavy (non-hydrogen) atoms. The molecule has 9 nitrogen and oxygen atoms in total. The summed E-state index contributed by atoms with van der Waals surface area (Å²) >= 11 is 1.76. The van der Waals surface area contributed by atoms with E-state index in [2.05, 4.69) is 40.0 Å². The monoisotopic (exact) mass is 492 g/mol. The molecule has 0 unspecified atom stereocenters. The van der Waals surface area contributed by atoms with Crippen LogP contribution in [0.4, 0.5) is 0 Å². The summed E-state index contributed by atoms with van der Waals surface area (Å²) in [5.41, 5.74) is 6.04. The van der Waals surface area contributed by atoms with Gasteiger partial charge in [0.15, 0.2) is 5.65 Å². The van der Waals surface area contributed by atoms with Crippen molar-refractivity contribution in [2.75, 3.05) is 33.7 Å². The lowest BCUT2D eigenvalue weighted by molar-refractivity contribution is -0.130. The molecule has 0 saturated carbocycles. The van der Waals surface area contributed by atoms with E-state index in [0.717, 1.165) is 59.1 Å². The molecule has 1 saturated heterocycles. The number of amides is 1. The lowest BCUT2D eigenvalue weighted by Crippen LogP contribution is -2.40. The number of nitrogens with zero attached hydrogens (tertiary/aromatic N) is 7. The molecule has 4 aromatic heterocycles. The number of aromatic nitrogens is 6. The Kier molecular flexibility index (Phi) is 6.41. The lowest BCUT2D eigenvalue weighted by Gasteiger charge is -2.31. The zero-order valence-corrected chi connectivity index (χ0v) is 21.8. The molecule has 1 amide bonds. The number of nitrogens with one attached hydrogen (secondary N) is 1. The SMILES string of the molecule is Cc1cc(-c2n[nH]c(-c3ncc(C4CCN(CC(=O)N(C)C)CC4)s3)c2C(C)C)cn2ncnc12. The molecular weight excluding hydrogens is 460 g/mol. The summed E-state index contributed by atoms with van der Waals surface area (Å²) in [6, 6.07) is 2.12. The van der Waals surface area contributed by atoms with E-state index in [1.807, 2.05) is 37.9 Å². The largest absolute Gasteiger partial charge is 0.348 e. The zero-order valence-electron chi connectivity index (χ0n) is 20.9. The Labute approximate surface area is 209 Å². The van der Waals surface area contributed by atoms with Crippen LogP contribution < -0.4 is 0 Å². The van der Waals surface area contributed by atoms with E-state index < -0.39 is 0 Å². The standard InChI is InChI=1S/C25H32N8OS/c1-15(2)21-22(18-10-16(3)24-27-14-28-33(24)12-18)29-30-23(21)25-26-11-19(35-25)17-6-8-32(9-7-17)13-20(34)31(4)5/h10-12,14-15,17H,6-9,13H2,1-5H3,(H,29,30). The number of likely N-dealkylation sites (N-methyl/N-ethyl adjacent to an activating group) is 1. The summed E-state index contributed by atoms with van der Waals surface area (Å²) in [4.78, 5) is 26.4. The quantitative estimate of drug-likeness (QED) is 0.438. The summed E-state index contributed by atoms with van der Waals surface area (Å²) in [7, 11) is 3.63. The van der Waals surface area contributed by atoms with E-state index in [1.54, 1.807) is 22.6 Å². The van der Waals surface area contributed by atoms with Crippen molar-refractivity contribution in [3.05, 3.63) is 40.8 Å². The van der Waals surface area contributed by atoms with Gasteiger partial charge in [0.2, 0.25) is 5.91 Å². The molecule has 1 aliphatic heterocycles. The van der Waals surface area contributed by atoms with Gasteiger partial charge in [0.1, 0.15) is 11.3 Å². The highest BCUT2D eigenvalue weighted by molar-refractivity contribution is 7.15. The van der Waals surface area contributed by atoms with Crippen molar-refractivity contribution >= 4 is 22.9 Å². The van der Waals surface area contributed by atoms with Crippen LogP contribution in [0, 0.1) is 6.92 Å². The second-order valence-corrected chi connectivity index (χ2v) is 10.9. The van der Waals surface area contributed by atoms with Crippen LogP contribution in [-0.4, -0.2) is 79.2 Å². The molecule has 0 aromatic carbocycles. The van der Waals surface area contributed by atoms with E-state index in [-0.39, 0.29) is 11.8 Å². The maximum absolute atomic E-state index is 12.0. The maximum atomic E-state index is 12.0. The molecule has 0 radical (unpaired) electrons. The summed E-state index contributed by atoms with van der Waals surface area (Å²) < 4.78 is 1.81. The van der Waals surface area contributed by atoms with Crippen molar-refractivity contribution in [1.29, 1.82) is 0 Å². The fraction of sp³-hybridized carbons (Fsp3) is 0.480. The van der Waals surface area contributed by atoms with Crippen LogP contribution in [0.15, 0.2) is 24.8 Å². The number of hydrogen-bond donors (Lipinski definition) is 1. The van der Waals surface area contributed by atoms with Gasteiger partial charge in [-0.15, -0.1) is 11.3 Å². The van der Waals surface area contributed by atoms with E-state index in [0.29, 0.717) is 12.5 Å². The number of likely N-dealkylation sites (tertiary alicyclic amines) is 1. The Morgan fingerprint density at radius 1 is 1.26 bits per heavy atom. The fourth-order valence-electron chi connectivity index (χ4n) is 4.82. The first kappa shape index (κ1) is 23.6. The Hall–Kier alpha value is -3.11. The van der Waals surface area contributed by atoms with Crippen molar-refractivity contribution in [2.45, 2.75) is 45.4 Å². The number of pyridine rings is 1. The lowest BCUT2D eigenvalue weighted by atomic mass is 9.96. The minimum absolute atomic E-state index is 0.165. The fourth-order valence-corrected chi connectivity index (χ4v) is 5.91. The third kappa shape index (κ3) is 4.60. The normalized spacial score (nSPS) is 15.4. The van der Waals surface area contributed by atoms with Gasteiger partial charge in [-0.25, -0.2) is 14.5 Å². The van der Waals surface area contributed by atoms with Gasteiger partial charge in [-0.3, -0.25) is 14.8 Å². The first-order chi connectivity index (χ1) is 16.8. The summed E-state index contributed by atoms with van der Waals surface area (Å²) in [6.45, 7) is 8.81. The number of carbonyl (C=O) groups is 1. The first-order valence-electron chi connectivity index (χ1n) is 12.1. The molecule has 1 fully saturated rings. The number of fused-ring (bicyclic) bond motifs is 1. The molecule has 5 heterocycles. The molecule has 0 atom stereocenters. The molecule has 10 heteroatoms. The Morgan fingerprint density at radius 3 is 2.74 bits per heavy atom. The molecule has 0 bridgehead atoms. The second-order valence-electron chi connectivity index (χ2n) is 9.86. The highest BCUT2D eigenvalue weighted by Gasteiger charge is 2.26. The Bertz CT molecular complexity index is 1340. The van der Waals surface area contributed by atoms with Gasteiger partial charge in [-0.2, -0.15) is 10.2 Å². The molecule has 0 aliphatic carbocycles. The molecule has 1 N–H and O–H groups in total. The minimum Gasteiger partial charge on any atom is -0.348 e. The molecule has 184 valence electrons.